The predicted molar refractivity (Wildman–Crippen MR) is 80.7 cm³/mol. The molecule has 21 heavy (non-hydrogen) atoms. The van der Waals surface area contributed by atoms with Crippen molar-refractivity contribution in [3.8, 4) is 0 Å². The van der Waals surface area contributed by atoms with Gasteiger partial charge in [-0.25, -0.2) is 4.98 Å². The maximum Gasteiger partial charge on any atom is 0.258 e. The van der Waals surface area contributed by atoms with Crippen molar-refractivity contribution in [3.05, 3.63) is 33.7 Å². The molecule has 7 heteroatoms. The molecule has 2 aromatic heterocycles. The van der Waals surface area contributed by atoms with E-state index in [4.69, 9.17) is 4.74 Å². The average Bonchev–Trinajstić information content (AvgIpc) is 2.87. The summed E-state index contributed by atoms with van der Waals surface area (Å²) in [6.07, 6.45) is 3.03. The monoisotopic (exact) mass is 309 g/mol. The van der Waals surface area contributed by atoms with E-state index in [9.17, 15) is 9.90 Å². The number of hydrogen-bond acceptors (Lipinski definition) is 6. The van der Waals surface area contributed by atoms with Crippen molar-refractivity contribution in [1.82, 2.24) is 14.3 Å². The first-order chi connectivity index (χ1) is 10.1. The van der Waals surface area contributed by atoms with Crippen molar-refractivity contribution < 1.29 is 9.84 Å². The van der Waals surface area contributed by atoms with Gasteiger partial charge in [-0.15, -0.1) is 11.3 Å². The van der Waals surface area contributed by atoms with E-state index < -0.39 is 5.60 Å². The van der Waals surface area contributed by atoms with E-state index >= 15 is 0 Å². The molecule has 0 aliphatic carbocycles. The van der Waals surface area contributed by atoms with Crippen LogP contribution in [0.5, 0.6) is 0 Å². The van der Waals surface area contributed by atoms with Gasteiger partial charge in [0.05, 0.1) is 11.3 Å². The second kappa shape index (κ2) is 5.84. The lowest BCUT2D eigenvalue weighted by molar-refractivity contribution is -0.0778. The van der Waals surface area contributed by atoms with E-state index in [1.54, 1.807) is 16.7 Å². The molecule has 1 fully saturated rings. The highest BCUT2D eigenvalue weighted by molar-refractivity contribution is 7.15. The van der Waals surface area contributed by atoms with Crippen molar-refractivity contribution in [1.29, 1.82) is 0 Å². The van der Waals surface area contributed by atoms with Crippen LogP contribution < -0.4 is 5.56 Å². The van der Waals surface area contributed by atoms with Gasteiger partial charge in [0.25, 0.3) is 5.56 Å². The Bertz CT molecular complexity index is 675. The molecule has 6 nitrogen and oxygen atoms in total. The topological polar surface area (TPSA) is 67.1 Å². The summed E-state index contributed by atoms with van der Waals surface area (Å²) in [5, 5.41) is 12.4. The Balaban J connectivity index is 1.70. The molecule has 0 bridgehead atoms. The molecule has 0 unspecified atom stereocenters. The fraction of sp³-hybridized carbons (Fsp3) is 0.571. The third-order valence-corrected chi connectivity index (χ3v) is 4.53. The second-order valence-corrected chi connectivity index (χ2v) is 6.52. The van der Waals surface area contributed by atoms with Gasteiger partial charge in [-0.05, 0) is 7.05 Å². The molecule has 2 aromatic rings. The highest BCUT2D eigenvalue weighted by Crippen LogP contribution is 2.21. The van der Waals surface area contributed by atoms with Gasteiger partial charge in [0, 0.05) is 56.8 Å². The minimum Gasteiger partial charge on any atom is -0.388 e. The highest BCUT2D eigenvalue weighted by atomic mass is 32.1. The highest BCUT2D eigenvalue weighted by Gasteiger charge is 2.31. The Kier molecular flexibility index (Phi) is 4.08. The maximum absolute atomic E-state index is 11.9. The fourth-order valence-electron chi connectivity index (χ4n) is 2.71. The van der Waals surface area contributed by atoms with Crippen LogP contribution in [0.2, 0.25) is 0 Å². The van der Waals surface area contributed by atoms with Crippen LogP contribution in [0.25, 0.3) is 4.96 Å². The Labute approximate surface area is 126 Å². The quantitative estimate of drug-likeness (QED) is 0.902. The molecule has 0 spiro atoms. The number of nitrogens with zero attached hydrogens (tertiary/aromatic N) is 3. The third-order valence-electron chi connectivity index (χ3n) is 3.78. The summed E-state index contributed by atoms with van der Waals surface area (Å²) < 4.78 is 6.83. The van der Waals surface area contributed by atoms with Crippen LogP contribution in [0.3, 0.4) is 0 Å². The maximum atomic E-state index is 11.9. The van der Waals surface area contributed by atoms with Crippen LogP contribution in [0, 0.1) is 0 Å². The molecular weight excluding hydrogens is 290 g/mol. The minimum atomic E-state index is -0.699. The molecule has 0 aromatic carbocycles. The summed E-state index contributed by atoms with van der Waals surface area (Å²) in [6.45, 7) is 2.31. The van der Waals surface area contributed by atoms with E-state index in [1.165, 1.54) is 11.3 Å². The van der Waals surface area contributed by atoms with E-state index in [0.717, 1.165) is 5.69 Å². The third kappa shape index (κ3) is 3.32. The summed E-state index contributed by atoms with van der Waals surface area (Å²) in [7, 11) is 1.94. The Morgan fingerprint density at radius 2 is 2.29 bits per heavy atom. The minimum absolute atomic E-state index is 0.0607. The number of fused-ring (bicyclic) bond motifs is 1. The van der Waals surface area contributed by atoms with Gasteiger partial charge >= 0.3 is 0 Å². The van der Waals surface area contributed by atoms with Gasteiger partial charge in [0.2, 0.25) is 0 Å². The van der Waals surface area contributed by atoms with Crippen LogP contribution in [0.15, 0.2) is 22.4 Å². The number of ether oxygens (including phenoxy) is 1. The summed E-state index contributed by atoms with van der Waals surface area (Å²) in [5.41, 5.74) is -0.0234. The van der Waals surface area contributed by atoms with Gasteiger partial charge in [-0.2, -0.15) is 0 Å². The summed E-state index contributed by atoms with van der Waals surface area (Å²) in [6, 6.07) is 1.56. The Morgan fingerprint density at radius 3 is 3.05 bits per heavy atom. The summed E-state index contributed by atoms with van der Waals surface area (Å²) >= 11 is 1.45. The molecule has 3 heterocycles. The molecule has 1 aliphatic rings. The van der Waals surface area contributed by atoms with Crippen LogP contribution >= 0.6 is 11.3 Å². The molecule has 0 amide bonds. The first-order valence-electron chi connectivity index (χ1n) is 7.00. The molecule has 0 atom stereocenters. The van der Waals surface area contributed by atoms with Crippen molar-refractivity contribution in [2.75, 3.05) is 26.8 Å². The van der Waals surface area contributed by atoms with Gasteiger partial charge in [-0.3, -0.25) is 14.1 Å². The number of hydrogen-bond donors (Lipinski definition) is 1. The SMILES string of the molecule is CN(Cc1cc(=O)n2ccsc2n1)CC1(O)CCOCC1. The number of rotatable bonds is 4. The number of aliphatic hydroxyl groups is 1. The summed E-state index contributed by atoms with van der Waals surface area (Å²) in [5.74, 6) is 0. The molecule has 1 N–H and O–H groups in total. The smallest absolute Gasteiger partial charge is 0.258 e. The Hall–Kier alpha value is -1.28. The second-order valence-electron chi connectivity index (χ2n) is 5.65. The van der Waals surface area contributed by atoms with E-state index in [2.05, 4.69) is 4.98 Å². The van der Waals surface area contributed by atoms with Gasteiger partial charge in [-0.1, -0.05) is 0 Å². The zero-order valence-electron chi connectivity index (χ0n) is 12.0. The lowest BCUT2D eigenvalue weighted by Crippen LogP contribution is -2.45. The van der Waals surface area contributed by atoms with E-state index in [1.807, 2.05) is 17.3 Å². The van der Waals surface area contributed by atoms with Crippen molar-refractivity contribution >= 4 is 16.3 Å². The lowest BCUT2D eigenvalue weighted by Gasteiger charge is -2.35. The van der Waals surface area contributed by atoms with E-state index in [-0.39, 0.29) is 5.56 Å². The van der Waals surface area contributed by atoms with E-state index in [0.29, 0.717) is 44.1 Å². The molecule has 0 radical (unpaired) electrons. The van der Waals surface area contributed by atoms with Crippen LogP contribution in [0.4, 0.5) is 0 Å². The van der Waals surface area contributed by atoms with Crippen LogP contribution in [0.1, 0.15) is 18.5 Å². The van der Waals surface area contributed by atoms with Crippen molar-refractivity contribution in [2.45, 2.75) is 25.0 Å². The average molecular weight is 309 g/mol. The molecule has 0 saturated carbocycles. The first-order valence-corrected chi connectivity index (χ1v) is 7.88. The normalized spacial score (nSPS) is 18.4. The Morgan fingerprint density at radius 1 is 1.52 bits per heavy atom. The zero-order valence-corrected chi connectivity index (χ0v) is 12.8. The fourth-order valence-corrected chi connectivity index (χ4v) is 3.45. The number of thiazole rings is 1. The number of aromatic nitrogens is 2. The molecule has 114 valence electrons. The first kappa shape index (κ1) is 14.6. The summed E-state index contributed by atoms with van der Waals surface area (Å²) in [4.78, 5) is 19.1. The molecular formula is C14H19N3O3S. The largest absolute Gasteiger partial charge is 0.388 e. The molecule has 3 rings (SSSR count). The van der Waals surface area contributed by atoms with Crippen LogP contribution in [-0.2, 0) is 11.3 Å². The van der Waals surface area contributed by atoms with Gasteiger partial charge in [0.15, 0.2) is 4.96 Å². The van der Waals surface area contributed by atoms with Gasteiger partial charge in [0.1, 0.15) is 0 Å². The number of likely N-dealkylation sites (N-methyl/N-ethyl adjacent to an activating group) is 1. The van der Waals surface area contributed by atoms with Crippen LogP contribution in [-0.4, -0.2) is 51.8 Å². The van der Waals surface area contributed by atoms with Gasteiger partial charge < -0.3 is 9.84 Å². The molecule has 1 saturated heterocycles. The van der Waals surface area contributed by atoms with Crippen molar-refractivity contribution in [2.24, 2.45) is 0 Å². The zero-order chi connectivity index (χ0) is 14.9. The lowest BCUT2D eigenvalue weighted by atomic mass is 9.94. The predicted octanol–water partition coefficient (Wildman–Crippen LogP) is 0.729. The van der Waals surface area contributed by atoms with Crippen molar-refractivity contribution in [3.63, 3.8) is 0 Å². The standard InChI is InChI=1S/C14H19N3O3S/c1-16(10-14(19)2-5-20-6-3-14)9-11-8-12(18)17-4-7-21-13(17)15-11/h4,7-8,19H,2-3,5-6,9-10H2,1H3. The molecule has 1 aliphatic heterocycles.